The Labute approximate surface area is 75.5 Å². The molecule has 1 aromatic rings. The predicted molar refractivity (Wildman–Crippen MR) is 53.2 cm³/mol. The molecule has 1 heterocycles. The van der Waals surface area contributed by atoms with Crippen LogP contribution in [-0.4, -0.2) is 10.7 Å². The Morgan fingerprint density at radius 1 is 1.82 bits per heavy atom. The predicted octanol–water partition coefficient (Wildman–Crippen LogP) is 2.87. The van der Waals surface area contributed by atoms with Crippen LogP contribution in [0.1, 0.15) is 9.88 Å². The smallest absolute Gasteiger partial charge is 0.0897 e. The van der Waals surface area contributed by atoms with Gasteiger partial charge in [-0.2, -0.15) is 11.8 Å². The van der Waals surface area contributed by atoms with Crippen LogP contribution in [0, 0.1) is 6.92 Å². The van der Waals surface area contributed by atoms with Crippen molar-refractivity contribution in [3.8, 4) is 0 Å². The molecule has 0 saturated carbocycles. The molecule has 3 heteroatoms. The number of hydrogen-bond donors (Lipinski definition) is 0. The zero-order valence-corrected chi connectivity index (χ0v) is 8.17. The standard InChI is InChI=1S/C8H11NS2/c1-3-4-10-6-8-5-9-7(2)11-8/h3,5H,1,4,6H2,2H3. The fourth-order valence-electron chi connectivity index (χ4n) is 0.715. The third kappa shape index (κ3) is 3.08. The summed E-state index contributed by atoms with van der Waals surface area (Å²) in [6.07, 6.45) is 3.88. The molecule has 1 rings (SSSR count). The van der Waals surface area contributed by atoms with Crippen LogP contribution in [0.5, 0.6) is 0 Å². The summed E-state index contributed by atoms with van der Waals surface area (Å²) in [5, 5.41) is 1.15. The van der Waals surface area contributed by atoms with E-state index in [0.29, 0.717) is 0 Å². The Hall–Kier alpha value is -0.280. The van der Waals surface area contributed by atoms with Crippen molar-refractivity contribution in [3.63, 3.8) is 0 Å². The molecular weight excluding hydrogens is 174 g/mol. The van der Waals surface area contributed by atoms with Gasteiger partial charge in [-0.15, -0.1) is 17.9 Å². The molecule has 0 radical (unpaired) electrons. The van der Waals surface area contributed by atoms with Gasteiger partial charge in [-0.3, -0.25) is 0 Å². The fourth-order valence-corrected chi connectivity index (χ4v) is 2.35. The molecule has 0 N–H and O–H groups in total. The Balaban J connectivity index is 2.32. The molecule has 0 aliphatic carbocycles. The second kappa shape index (κ2) is 4.57. The summed E-state index contributed by atoms with van der Waals surface area (Å²) < 4.78 is 0. The Morgan fingerprint density at radius 3 is 3.18 bits per heavy atom. The Bertz CT molecular complexity index is 230. The summed E-state index contributed by atoms with van der Waals surface area (Å²) in [6, 6.07) is 0. The first-order valence-corrected chi connectivity index (χ1v) is 5.40. The largest absolute Gasteiger partial charge is 0.250 e. The summed E-state index contributed by atoms with van der Waals surface area (Å²) in [7, 11) is 0. The minimum atomic E-state index is 1.02. The molecule has 0 amide bonds. The SMILES string of the molecule is C=CCSCc1cnc(C)s1. The van der Waals surface area contributed by atoms with Gasteiger partial charge in [0.2, 0.25) is 0 Å². The molecule has 0 aromatic carbocycles. The molecule has 0 fully saturated rings. The van der Waals surface area contributed by atoms with Crippen LogP contribution in [0.15, 0.2) is 18.9 Å². The van der Waals surface area contributed by atoms with Gasteiger partial charge in [0.25, 0.3) is 0 Å². The van der Waals surface area contributed by atoms with Gasteiger partial charge in [-0.1, -0.05) is 6.08 Å². The quantitative estimate of drug-likeness (QED) is 0.528. The van der Waals surface area contributed by atoms with E-state index in [0.717, 1.165) is 16.5 Å². The zero-order valence-electron chi connectivity index (χ0n) is 6.54. The van der Waals surface area contributed by atoms with Crippen LogP contribution in [-0.2, 0) is 5.75 Å². The van der Waals surface area contributed by atoms with Crippen LogP contribution < -0.4 is 0 Å². The second-order valence-electron chi connectivity index (χ2n) is 2.15. The van der Waals surface area contributed by atoms with Gasteiger partial charge in [-0.05, 0) is 6.92 Å². The topological polar surface area (TPSA) is 12.9 Å². The summed E-state index contributed by atoms with van der Waals surface area (Å²) in [4.78, 5) is 5.53. The number of nitrogens with zero attached hydrogens (tertiary/aromatic N) is 1. The molecule has 0 unspecified atom stereocenters. The van der Waals surface area contributed by atoms with Crippen molar-refractivity contribution in [1.82, 2.24) is 4.98 Å². The van der Waals surface area contributed by atoms with E-state index in [-0.39, 0.29) is 0 Å². The van der Waals surface area contributed by atoms with Crippen molar-refractivity contribution in [2.75, 3.05) is 5.75 Å². The highest BCUT2D eigenvalue weighted by Gasteiger charge is 1.96. The number of aryl methyl sites for hydroxylation is 1. The van der Waals surface area contributed by atoms with E-state index in [1.54, 1.807) is 11.3 Å². The van der Waals surface area contributed by atoms with Crippen LogP contribution >= 0.6 is 23.1 Å². The average molecular weight is 185 g/mol. The van der Waals surface area contributed by atoms with Gasteiger partial charge in [0, 0.05) is 22.6 Å². The van der Waals surface area contributed by atoms with Crippen molar-refractivity contribution in [3.05, 3.63) is 28.7 Å². The Morgan fingerprint density at radius 2 is 2.64 bits per heavy atom. The number of thioether (sulfide) groups is 1. The molecule has 0 spiro atoms. The van der Waals surface area contributed by atoms with E-state index in [1.807, 2.05) is 31.0 Å². The maximum Gasteiger partial charge on any atom is 0.0897 e. The minimum absolute atomic E-state index is 1.02. The number of thiazole rings is 1. The first-order chi connectivity index (χ1) is 5.33. The van der Waals surface area contributed by atoms with Crippen LogP contribution in [0.4, 0.5) is 0 Å². The average Bonchev–Trinajstić information content (AvgIpc) is 2.37. The third-order valence-corrected chi connectivity index (χ3v) is 3.23. The number of aromatic nitrogens is 1. The molecule has 0 aliphatic rings. The summed E-state index contributed by atoms with van der Waals surface area (Å²) in [5.41, 5.74) is 0. The molecule has 1 aromatic heterocycles. The van der Waals surface area contributed by atoms with Crippen molar-refractivity contribution in [1.29, 1.82) is 0 Å². The molecule has 11 heavy (non-hydrogen) atoms. The molecular formula is C8H11NS2. The molecule has 1 nitrogen and oxygen atoms in total. The van der Waals surface area contributed by atoms with Crippen molar-refractivity contribution in [2.24, 2.45) is 0 Å². The van der Waals surface area contributed by atoms with E-state index >= 15 is 0 Å². The van der Waals surface area contributed by atoms with Crippen LogP contribution in [0.25, 0.3) is 0 Å². The molecule has 0 saturated heterocycles. The maximum atomic E-state index is 4.17. The van der Waals surface area contributed by atoms with E-state index in [2.05, 4.69) is 11.6 Å². The van der Waals surface area contributed by atoms with Crippen LogP contribution in [0.3, 0.4) is 0 Å². The lowest BCUT2D eigenvalue weighted by Gasteiger charge is -1.91. The third-order valence-electron chi connectivity index (χ3n) is 1.15. The van der Waals surface area contributed by atoms with Crippen molar-refractivity contribution >= 4 is 23.1 Å². The molecule has 0 bridgehead atoms. The fraction of sp³-hybridized carbons (Fsp3) is 0.375. The summed E-state index contributed by atoms with van der Waals surface area (Å²) in [6.45, 7) is 5.70. The molecule has 0 aliphatic heterocycles. The normalized spacial score (nSPS) is 9.91. The lowest BCUT2D eigenvalue weighted by Crippen LogP contribution is -1.73. The highest BCUT2D eigenvalue weighted by atomic mass is 32.2. The van der Waals surface area contributed by atoms with E-state index < -0.39 is 0 Å². The highest BCUT2D eigenvalue weighted by molar-refractivity contribution is 7.98. The summed E-state index contributed by atoms with van der Waals surface area (Å²) in [5.74, 6) is 2.09. The number of hydrogen-bond acceptors (Lipinski definition) is 3. The van der Waals surface area contributed by atoms with Gasteiger partial charge in [0.15, 0.2) is 0 Å². The van der Waals surface area contributed by atoms with Gasteiger partial charge in [0.1, 0.15) is 0 Å². The van der Waals surface area contributed by atoms with E-state index in [1.165, 1.54) is 4.88 Å². The monoisotopic (exact) mass is 185 g/mol. The van der Waals surface area contributed by atoms with E-state index in [9.17, 15) is 0 Å². The van der Waals surface area contributed by atoms with Crippen LogP contribution in [0.2, 0.25) is 0 Å². The first kappa shape index (κ1) is 8.81. The van der Waals surface area contributed by atoms with Crippen molar-refractivity contribution in [2.45, 2.75) is 12.7 Å². The lowest BCUT2D eigenvalue weighted by molar-refractivity contribution is 1.28. The van der Waals surface area contributed by atoms with E-state index in [4.69, 9.17) is 0 Å². The Kier molecular flexibility index (Phi) is 3.66. The number of rotatable bonds is 4. The molecule has 0 atom stereocenters. The van der Waals surface area contributed by atoms with Crippen molar-refractivity contribution < 1.29 is 0 Å². The second-order valence-corrected chi connectivity index (χ2v) is 4.50. The zero-order chi connectivity index (χ0) is 8.10. The van der Waals surface area contributed by atoms with Gasteiger partial charge >= 0.3 is 0 Å². The van der Waals surface area contributed by atoms with Gasteiger partial charge in [0.05, 0.1) is 5.01 Å². The van der Waals surface area contributed by atoms with Gasteiger partial charge in [-0.25, -0.2) is 4.98 Å². The molecule has 60 valence electrons. The summed E-state index contributed by atoms with van der Waals surface area (Å²) >= 11 is 3.64. The minimum Gasteiger partial charge on any atom is -0.250 e. The highest BCUT2D eigenvalue weighted by Crippen LogP contribution is 2.18. The lowest BCUT2D eigenvalue weighted by atomic mass is 10.6. The van der Waals surface area contributed by atoms with Gasteiger partial charge < -0.3 is 0 Å². The first-order valence-electron chi connectivity index (χ1n) is 3.43. The maximum absolute atomic E-state index is 4.17.